The van der Waals surface area contributed by atoms with Crippen molar-refractivity contribution in [2.75, 3.05) is 25.0 Å². The monoisotopic (exact) mass is 374 g/mol. The summed E-state index contributed by atoms with van der Waals surface area (Å²) in [5.74, 6) is 0.666. The Bertz CT molecular complexity index is 690. The first-order valence-corrected chi connectivity index (χ1v) is 9.92. The fourth-order valence-electron chi connectivity index (χ4n) is 3.35. The number of rotatable bonds is 7. The number of carbonyl (C=O) groups is 1. The number of anilines is 1. The van der Waals surface area contributed by atoms with E-state index in [9.17, 15) is 4.79 Å². The molecule has 1 fully saturated rings. The minimum atomic E-state index is 0.0344. The smallest absolute Gasteiger partial charge is 0.225 e. The summed E-state index contributed by atoms with van der Waals surface area (Å²) in [4.78, 5) is 14.7. The molecule has 0 bridgehead atoms. The van der Waals surface area contributed by atoms with Crippen LogP contribution in [0.5, 0.6) is 0 Å². The Labute approximate surface area is 160 Å². The second-order valence-corrected chi connectivity index (χ2v) is 7.37. The molecular weight excluding hydrogens is 348 g/mol. The van der Waals surface area contributed by atoms with E-state index in [0.717, 1.165) is 30.6 Å². The lowest BCUT2D eigenvalue weighted by molar-refractivity contribution is -0.116. The third-order valence-electron chi connectivity index (χ3n) is 4.82. The van der Waals surface area contributed by atoms with Gasteiger partial charge in [0.25, 0.3) is 0 Å². The molecule has 0 unspecified atom stereocenters. The van der Waals surface area contributed by atoms with Crippen LogP contribution in [0.3, 0.4) is 0 Å². The maximum absolute atomic E-state index is 12.1. The predicted molar refractivity (Wildman–Crippen MR) is 106 cm³/mol. The van der Waals surface area contributed by atoms with E-state index in [1.165, 1.54) is 38.8 Å². The zero-order chi connectivity index (χ0) is 18.2. The highest BCUT2D eigenvalue weighted by Crippen LogP contribution is 2.21. The number of aromatic nitrogens is 2. The molecule has 0 aliphatic carbocycles. The van der Waals surface area contributed by atoms with Crippen LogP contribution >= 0.6 is 11.6 Å². The Morgan fingerprint density at radius 2 is 1.85 bits per heavy atom. The van der Waals surface area contributed by atoms with Gasteiger partial charge >= 0.3 is 0 Å². The molecule has 3 rings (SSSR count). The second-order valence-electron chi connectivity index (χ2n) is 6.93. The summed E-state index contributed by atoms with van der Waals surface area (Å²) in [5.41, 5.74) is 1.75. The lowest BCUT2D eigenvalue weighted by Crippen LogP contribution is -2.25. The zero-order valence-corrected chi connectivity index (χ0v) is 15.9. The minimum absolute atomic E-state index is 0.0344. The molecule has 1 saturated heterocycles. The molecule has 2 N–H and O–H groups in total. The van der Waals surface area contributed by atoms with Crippen LogP contribution in [-0.2, 0) is 4.79 Å². The number of amides is 1. The quantitative estimate of drug-likeness (QED) is 0.689. The van der Waals surface area contributed by atoms with Crippen LogP contribution in [0.4, 0.5) is 5.82 Å². The number of likely N-dealkylation sites (tertiary alicyclic amines) is 1. The van der Waals surface area contributed by atoms with Gasteiger partial charge in [-0.2, -0.15) is 5.10 Å². The van der Waals surface area contributed by atoms with Crippen molar-refractivity contribution in [2.45, 2.75) is 44.9 Å². The molecule has 140 valence electrons. The van der Waals surface area contributed by atoms with Crippen LogP contribution in [0.25, 0.3) is 11.3 Å². The van der Waals surface area contributed by atoms with Gasteiger partial charge in [0, 0.05) is 23.1 Å². The van der Waals surface area contributed by atoms with E-state index >= 15 is 0 Å². The number of unbranched alkanes of at least 4 members (excludes halogenated alkanes) is 1. The fraction of sp³-hybridized carbons (Fsp3) is 0.500. The van der Waals surface area contributed by atoms with E-state index in [2.05, 4.69) is 20.4 Å². The average molecular weight is 375 g/mol. The Morgan fingerprint density at radius 3 is 2.58 bits per heavy atom. The Hall–Kier alpha value is -1.85. The van der Waals surface area contributed by atoms with E-state index in [-0.39, 0.29) is 5.91 Å². The first-order chi connectivity index (χ1) is 12.7. The van der Waals surface area contributed by atoms with Crippen molar-refractivity contribution in [3.05, 3.63) is 35.4 Å². The maximum atomic E-state index is 12.1. The maximum Gasteiger partial charge on any atom is 0.225 e. The molecule has 0 atom stereocenters. The topological polar surface area (TPSA) is 61.0 Å². The summed E-state index contributed by atoms with van der Waals surface area (Å²) in [6, 6.07) is 9.32. The van der Waals surface area contributed by atoms with Gasteiger partial charge < -0.3 is 10.2 Å². The van der Waals surface area contributed by atoms with Gasteiger partial charge in [-0.1, -0.05) is 36.6 Å². The van der Waals surface area contributed by atoms with Gasteiger partial charge in [-0.3, -0.25) is 9.89 Å². The number of benzene rings is 1. The number of nitrogens with one attached hydrogen (secondary N) is 2. The first kappa shape index (κ1) is 18.9. The van der Waals surface area contributed by atoms with Gasteiger partial charge in [0.1, 0.15) is 5.82 Å². The Balaban J connectivity index is 1.39. The van der Waals surface area contributed by atoms with Gasteiger partial charge in [-0.05, 0) is 57.5 Å². The van der Waals surface area contributed by atoms with Crippen LogP contribution in [0.15, 0.2) is 30.3 Å². The van der Waals surface area contributed by atoms with Crippen LogP contribution in [0.2, 0.25) is 5.02 Å². The molecule has 5 nitrogen and oxygen atoms in total. The molecule has 0 spiro atoms. The van der Waals surface area contributed by atoms with Crippen molar-refractivity contribution in [2.24, 2.45) is 0 Å². The van der Waals surface area contributed by atoms with Gasteiger partial charge in [0.05, 0.1) is 5.69 Å². The van der Waals surface area contributed by atoms with Crippen molar-refractivity contribution in [3.8, 4) is 11.3 Å². The number of halogens is 1. The van der Waals surface area contributed by atoms with Crippen LogP contribution < -0.4 is 5.32 Å². The Morgan fingerprint density at radius 1 is 1.12 bits per heavy atom. The molecular formula is C20H27ClN4O. The largest absolute Gasteiger partial charge is 0.311 e. The highest BCUT2D eigenvalue weighted by Gasteiger charge is 2.10. The summed E-state index contributed by atoms with van der Waals surface area (Å²) >= 11 is 5.90. The molecule has 26 heavy (non-hydrogen) atoms. The van der Waals surface area contributed by atoms with Gasteiger partial charge in [0.2, 0.25) is 5.91 Å². The highest BCUT2D eigenvalue weighted by molar-refractivity contribution is 6.30. The van der Waals surface area contributed by atoms with Gasteiger partial charge in [-0.25, -0.2) is 0 Å². The normalized spacial score (nSPS) is 15.6. The third-order valence-corrected chi connectivity index (χ3v) is 5.07. The average Bonchev–Trinajstić information content (AvgIpc) is 2.94. The lowest BCUT2D eigenvalue weighted by Gasteiger charge is -2.19. The van der Waals surface area contributed by atoms with Crippen molar-refractivity contribution < 1.29 is 4.79 Å². The molecule has 2 aromatic rings. The second kappa shape index (κ2) is 9.74. The van der Waals surface area contributed by atoms with E-state index in [1.54, 1.807) is 0 Å². The molecule has 2 heterocycles. The summed E-state index contributed by atoms with van der Waals surface area (Å²) in [6.07, 6.45) is 7.89. The lowest BCUT2D eigenvalue weighted by atomic mass is 10.1. The standard InChI is InChI=1S/C20H27ClN4O/c21-17-10-8-16(9-11-17)18-15-19(24-23-18)22-20(26)7-3-6-14-25-12-4-1-2-5-13-25/h8-11,15H,1-7,12-14H2,(H2,22,23,24,26). The number of carbonyl (C=O) groups excluding carboxylic acids is 1. The minimum Gasteiger partial charge on any atom is -0.311 e. The molecule has 0 saturated carbocycles. The van der Waals surface area contributed by atoms with E-state index in [1.807, 2.05) is 30.3 Å². The van der Waals surface area contributed by atoms with Crippen LogP contribution in [0, 0.1) is 0 Å². The number of nitrogens with zero attached hydrogens (tertiary/aromatic N) is 2. The Kier molecular flexibility index (Phi) is 7.09. The predicted octanol–water partition coefficient (Wildman–Crippen LogP) is 4.71. The van der Waals surface area contributed by atoms with Crippen LogP contribution in [-0.4, -0.2) is 40.6 Å². The summed E-state index contributed by atoms with van der Waals surface area (Å²) in [5, 5.41) is 10.7. The number of aromatic amines is 1. The highest BCUT2D eigenvalue weighted by atomic mass is 35.5. The summed E-state index contributed by atoms with van der Waals surface area (Å²) in [7, 11) is 0. The molecule has 1 aromatic carbocycles. The SMILES string of the molecule is O=C(CCCCN1CCCCCC1)Nc1cc(-c2ccc(Cl)cc2)n[nH]1. The molecule has 1 amide bonds. The van der Waals surface area contributed by atoms with Crippen LogP contribution in [0.1, 0.15) is 44.9 Å². The summed E-state index contributed by atoms with van der Waals surface area (Å²) < 4.78 is 0. The number of hydrogen-bond acceptors (Lipinski definition) is 3. The van der Waals surface area contributed by atoms with Gasteiger partial charge in [-0.15, -0.1) is 0 Å². The third kappa shape index (κ3) is 5.85. The number of hydrogen-bond donors (Lipinski definition) is 2. The van der Waals surface area contributed by atoms with E-state index < -0.39 is 0 Å². The molecule has 6 heteroatoms. The molecule has 0 radical (unpaired) electrons. The molecule has 1 aromatic heterocycles. The van der Waals surface area contributed by atoms with E-state index in [4.69, 9.17) is 11.6 Å². The van der Waals surface area contributed by atoms with Gasteiger partial charge in [0.15, 0.2) is 0 Å². The van der Waals surface area contributed by atoms with Crippen molar-refractivity contribution >= 4 is 23.3 Å². The first-order valence-electron chi connectivity index (χ1n) is 9.54. The molecule has 1 aliphatic rings. The van der Waals surface area contributed by atoms with Crippen molar-refractivity contribution in [1.29, 1.82) is 0 Å². The summed E-state index contributed by atoms with van der Waals surface area (Å²) in [6.45, 7) is 3.54. The zero-order valence-electron chi connectivity index (χ0n) is 15.1. The van der Waals surface area contributed by atoms with E-state index in [0.29, 0.717) is 17.3 Å². The fourth-order valence-corrected chi connectivity index (χ4v) is 3.47. The molecule has 1 aliphatic heterocycles. The van der Waals surface area contributed by atoms with Crippen molar-refractivity contribution in [1.82, 2.24) is 15.1 Å². The van der Waals surface area contributed by atoms with Crippen molar-refractivity contribution in [3.63, 3.8) is 0 Å². The number of H-pyrrole nitrogens is 1.